The molecule has 1 heterocycles. The van der Waals surface area contributed by atoms with Crippen molar-refractivity contribution in [3.63, 3.8) is 0 Å². The van der Waals surface area contributed by atoms with Gasteiger partial charge in [0.05, 0.1) is 0 Å². The van der Waals surface area contributed by atoms with Crippen LogP contribution in [0.3, 0.4) is 0 Å². The molecule has 1 atom stereocenters. The smallest absolute Gasteiger partial charge is 0.349 e. The predicted molar refractivity (Wildman–Crippen MR) is 100 cm³/mol. The minimum atomic E-state index is -3.71. The first-order valence-electron chi connectivity index (χ1n) is 8.05. The summed E-state index contributed by atoms with van der Waals surface area (Å²) in [5, 5.41) is 8.53. The third-order valence-electron chi connectivity index (χ3n) is 4.47. The quantitative estimate of drug-likeness (QED) is 0.645. The number of nitrogens with zero attached hydrogens (tertiary/aromatic N) is 1. The minimum absolute atomic E-state index is 0.120. The van der Waals surface area contributed by atoms with Crippen LogP contribution in [0.2, 0.25) is 0 Å². The maximum Gasteiger partial charge on any atom is 0.349 e. The van der Waals surface area contributed by atoms with Gasteiger partial charge in [0.25, 0.3) is 0 Å². The summed E-state index contributed by atoms with van der Waals surface area (Å²) in [6.07, 6.45) is 3.28. The van der Waals surface area contributed by atoms with E-state index in [-0.39, 0.29) is 5.75 Å². The first kappa shape index (κ1) is 18.3. The van der Waals surface area contributed by atoms with Crippen LogP contribution in [-0.2, 0) is 18.8 Å². The maximum atomic E-state index is 13.9. The van der Waals surface area contributed by atoms with Crippen molar-refractivity contribution < 1.29 is 18.7 Å². The molecule has 5 nitrogen and oxygen atoms in total. The van der Waals surface area contributed by atoms with Crippen molar-refractivity contribution >= 4 is 7.60 Å². The second kappa shape index (κ2) is 7.42. The van der Waals surface area contributed by atoms with Crippen molar-refractivity contribution in [3.05, 3.63) is 95.8 Å². The lowest BCUT2D eigenvalue weighted by molar-refractivity contribution is 0.259. The van der Waals surface area contributed by atoms with Crippen LogP contribution in [0.5, 0.6) is 5.75 Å². The van der Waals surface area contributed by atoms with Gasteiger partial charge in [0.1, 0.15) is 10.9 Å². The van der Waals surface area contributed by atoms with Crippen LogP contribution in [0.25, 0.3) is 0 Å². The lowest BCUT2D eigenvalue weighted by Crippen LogP contribution is -2.31. The van der Waals surface area contributed by atoms with Crippen molar-refractivity contribution in [2.75, 3.05) is 14.2 Å². The maximum absolute atomic E-state index is 13.9. The molecular weight excluding hydrogens is 349 g/mol. The standard InChI is InChI=1S/C20H20NO4P/c1-24-26(23,25-2)20(16-6-4-3-5-7-16,18-12-14-21-15-13-18)17-8-10-19(22)11-9-17/h3-15,22H,1-2H3. The molecule has 26 heavy (non-hydrogen) atoms. The fourth-order valence-electron chi connectivity index (χ4n) is 3.30. The van der Waals surface area contributed by atoms with Gasteiger partial charge in [-0.2, -0.15) is 0 Å². The molecule has 0 saturated carbocycles. The highest BCUT2D eigenvalue weighted by molar-refractivity contribution is 7.55. The van der Waals surface area contributed by atoms with Gasteiger partial charge in [-0.3, -0.25) is 9.55 Å². The van der Waals surface area contributed by atoms with Crippen molar-refractivity contribution in [1.82, 2.24) is 4.98 Å². The van der Waals surface area contributed by atoms with Crippen LogP contribution in [0.1, 0.15) is 16.7 Å². The Morgan fingerprint density at radius 1 is 0.808 bits per heavy atom. The largest absolute Gasteiger partial charge is 0.508 e. The second-order valence-electron chi connectivity index (χ2n) is 5.72. The van der Waals surface area contributed by atoms with Crippen LogP contribution >= 0.6 is 7.60 Å². The SMILES string of the molecule is COP(=O)(OC)C(c1ccccc1)(c1ccncc1)c1ccc(O)cc1. The molecular formula is C20H20NO4P. The Bertz CT molecular complexity index is 851. The van der Waals surface area contributed by atoms with E-state index < -0.39 is 12.8 Å². The fraction of sp³-hybridized carbons (Fsp3) is 0.150. The van der Waals surface area contributed by atoms with Gasteiger partial charge in [0.2, 0.25) is 0 Å². The van der Waals surface area contributed by atoms with Crippen LogP contribution in [0.15, 0.2) is 79.1 Å². The summed E-state index contributed by atoms with van der Waals surface area (Å²) in [7, 11) is -0.955. The Morgan fingerprint density at radius 2 is 1.31 bits per heavy atom. The first-order valence-corrected chi connectivity index (χ1v) is 9.60. The van der Waals surface area contributed by atoms with E-state index in [0.717, 1.165) is 11.1 Å². The van der Waals surface area contributed by atoms with Crippen LogP contribution < -0.4 is 0 Å². The van der Waals surface area contributed by atoms with Crippen LogP contribution in [0, 0.1) is 0 Å². The van der Waals surface area contributed by atoms with Crippen molar-refractivity contribution in [2.45, 2.75) is 5.16 Å². The zero-order chi connectivity index (χ0) is 18.6. The van der Waals surface area contributed by atoms with Crippen LogP contribution in [-0.4, -0.2) is 24.3 Å². The summed E-state index contributed by atoms with van der Waals surface area (Å²) < 4.78 is 24.9. The normalized spacial score (nSPS) is 13.9. The van der Waals surface area contributed by atoms with E-state index in [1.807, 2.05) is 30.3 Å². The number of hydrogen-bond donors (Lipinski definition) is 1. The minimum Gasteiger partial charge on any atom is -0.508 e. The highest BCUT2D eigenvalue weighted by atomic mass is 31.2. The first-order chi connectivity index (χ1) is 12.6. The Kier molecular flexibility index (Phi) is 5.23. The molecule has 0 fully saturated rings. The third-order valence-corrected chi connectivity index (χ3v) is 7.02. The van der Waals surface area contributed by atoms with Gasteiger partial charge in [-0.25, -0.2) is 0 Å². The van der Waals surface area contributed by atoms with Gasteiger partial charge in [-0.05, 0) is 41.0 Å². The topological polar surface area (TPSA) is 68.7 Å². The highest BCUT2D eigenvalue weighted by Crippen LogP contribution is 2.69. The summed E-state index contributed by atoms with van der Waals surface area (Å²) >= 11 is 0. The number of aromatic hydroxyl groups is 1. The molecule has 0 aliphatic carbocycles. The lowest BCUT2D eigenvalue weighted by Gasteiger charge is -2.39. The fourth-order valence-corrected chi connectivity index (χ4v) is 5.39. The van der Waals surface area contributed by atoms with E-state index in [1.165, 1.54) is 14.2 Å². The monoisotopic (exact) mass is 369 g/mol. The van der Waals surface area contributed by atoms with Crippen molar-refractivity contribution in [3.8, 4) is 5.75 Å². The average Bonchev–Trinajstić information content (AvgIpc) is 2.71. The molecule has 134 valence electrons. The second-order valence-corrected chi connectivity index (χ2v) is 8.12. The highest BCUT2D eigenvalue weighted by Gasteiger charge is 2.54. The lowest BCUT2D eigenvalue weighted by atomic mass is 9.84. The van der Waals surface area contributed by atoms with Gasteiger partial charge in [0, 0.05) is 26.6 Å². The molecule has 1 N–H and O–H groups in total. The molecule has 1 aromatic heterocycles. The molecule has 3 aromatic rings. The van der Waals surface area contributed by atoms with Gasteiger partial charge >= 0.3 is 7.60 Å². The number of phenolic OH excluding ortho intramolecular Hbond substituents is 1. The summed E-state index contributed by atoms with van der Waals surface area (Å²) in [4.78, 5) is 4.08. The summed E-state index contributed by atoms with van der Waals surface area (Å²) in [6, 6.07) is 19.6. The molecule has 0 radical (unpaired) electrons. The summed E-state index contributed by atoms with van der Waals surface area (Å²) in [5.41, 5.74) is 2.15. The van der Waals surface area contributed by atoms with E-state index >= 15 is 0 Å². The zero-order valence-corrected chi connectivity index (χ0v) is 15.5. The van der Waals surface area contributed by atoms with Gasteiger partial charge in [0.15, 0.2) is 0 Å². The molecule has 0 aliphatic rings. The summed E-state index contributed by atoms with van der Waals surface area (Å²) in [5.74, 6) is 0.120. The zero-order valence-electron chi connectivity index (χ0n) is 14.6. The molecule has 2 aromatic carbocycles. The van der Waals surface area contributed by atoms with Gasteiger partial charge < -0.3 is 14.2 Å². The predicted octanol–water partition coefficient (Wildman–Crippen LogP) is 4.57. The number of benzene rings is 2. The molecule has 0 bridgehead atoms. The van der Waals surface area contributed by atoms with E-state index in [4.69, 9.17) is 9.05 Å². The Labute approximate surface area is 152 Å². The van der Waals surface area contributed by atoms with E-state index in [1.54, 1.807) is 48.8 Å². The Balaban J connectivity index is 2.47. The third kappa shape index (κ3) is 2.84. The molecule has 6 heteroatoms. The molecule has 0 saturated heterocycles. The molecule has 0 amide bonds. The van der Waals surface area contributed by atoms with Gasteiger partial charge in [-0.1, -0.05) is 42.5 Å². The van der Waals surface area contributed by atoms with E-state index in [2.05, 4.69) is 4.98 Å². The van der Waals surface area contributed by atoms with E-state index in [0.29, 0.717) is 5.56 Å². The van der Waals surface area contributed by atoms with Crippen molar-refractivity contribution in [2.24, 2.45) is 0 Å². The van der Waals surface area contributed by atoms with E-state index in [9.17, 15) is 9.67 Å². The number of aromatic nitrogens is 1. The Morgan fingerprint density at radius 3 is 1.85 bits per heavy atom. The van der Waals surface area contributed by atoms with Crippen LogP contribution in [0.4, 0.5) is 0 Å². The number of hydrogen-bond acceptors (Lipinski definition) is 5. The molecule has 1 unspecified atom stereocenters. The molecule has 0 spiro atoms. The number of phenols is 1. The average molecular weight is 369 g/mol. The number of pyridine rings is 1. The molecule has 3 rings (SSSR count). The van der Waals surface area contributed by atoms with Crippen molar-refractivity contribution in [1.29, 1.82) is 0 Å². The summed E-state index contributed by atoms with van der Waals surface area (Å²) in [6.45, 7) is 0. The molecule has 0 aliphatic heterocycles. The number of rotatable bonds is 6. The Hall–Kier alpha value is -2.46. The van der Waals surface area contributed by atoms with Gasteiger partial charge in [-0.15, -0.1) is 0 Å².